The molecule has 2 N–H and O–H groups in total. The molecule has 0 aliphatic carbocycles. The van der Waals surface area contributed by atoms with E-state index in [4.69, 9.17) is 10.2 Å². The van der Waals surface area contributed by atoms with Crippen molar-refractivity contribution in [3.63, 3.8) is 0 Å². The van der Waals surface area contributed by atoms with Gasteiger partial charge in [-0.2, -0.15) is 0 Å². The molecule has 0 radical (unpaired) electrons. The van der Waals surface area contributed by atoms with Crippen LogP contribution in [0.5, 0.6) is 0 Å². The monoisotopic (exact) mass is 261 g/mol. The molecular weight excluding hydrogens is 238 g/mol. The fourth-order valence-electron chi connectivity index (χ4n) is 2.26. The number of fused-ring (bicyclic) bond motifs is 1. The first-order valence-corrected chi connectivity index (χ1v) is 6.83. The molecule has 2 rings (SSSR count). The van der Waals surface area contributed by atoms with Crippen molar-refractivity contribution < 1.29 is 4.42 Å². The molecule has 4 nitrogen and oxygen atoms in total. The van der Waals surface area contributed by atoms with E-state index >= 15 is 0 Å². The second-order valence-electron chi connectivity index (χ2n) is 5.39. The Bertz CT molecular complexity index is 535. The summed E-state index contributed by atoms with van der Waals surface area (Å²) in [6, 6.07) is 6.24. The molecule has 1 unspecified atom stereocenters. The highest BCUT2D eigenvalue weighted by atomic mass is 16.3. The van der Waals surface area contributed by atoms with Crippen LogP contribution in [0.25, 0.3) is 11.1 Å². The summed E-state index contributed by atoms with van der Waals surface area (Å²) in [6.45, 7) is 6.88. The van der Waals surface area contributed by atoms with Crippen molar-refractivity contribution in [2.24, 2.45) is 11.7 Å². The fraction of sp³-hybridized carbons (Fsp3) is 0.533. The molecule has 0 spiro atoms. The lowest BCUT2D eigenvalue weighted by atomic mass is 10.1. The number of oxazole rings is 1. The molecule has 0 saturated heterocycles. The normalized spacial score (nSPS) is 13.3. The molecule has 1 heterocycles. The van der Waals surface area contributed by atoms with Crippen molar-refractivity contribution in [3.05, 3.63) is 29.7 Å². The smallest absolute Gasteiger partial charge is 0.192 e. The molecule has 0 aliphatic rings. The SMILES string of the molecule is Cc1nc2cc(CCN(C)CC(C)CN)ccc2o1. The predicted molar refractivity (Wildman–Crippen MR) is 78.2 cm³/mol. The van der Waals surface area contributed by atoms with E-state index in [1.54, 1.807) is 0 Å². The van der Waals surface area contributed by atoms with Crippen molar-refractivity contribution in [1.29, 1.82) is 0 Å². The quantitative estimate of drug-likeness (QED) is 0.866. The van der Waals surface area contributed by atoms with Crippen molar-refractivity contribution in [1.82, 2.24) is 9.88 Å². The molecular formula is C15H23N3O. The van der Waals surface area contributed by atoms with Gasteiger partial charge in [0.15, 0.2) is 11.5 Å². The van der Waals surface area contributed by atoms with Crippen LogP contribution in [-0.4, -0.2) is 36.6 Å². The molecule has 1 aromatic carbocycles. The Labute approximate surface area is 114 Å². The van der Waals surface area contributed by atoms with Crippen LogP contribution in [0, 0.1) is 12.8 Å². The van der Waals surface area contributed by atoms with E-state index in [1.165, 1.54) is 5.56 Å². The Kier molecular flexibility index (Phi) is 4.56. The summed E-state index contributed by atoms with van der Waals surface area (Å²) >= 11 is 0. The molecule has 104 valence electrons. The first-order chi connectivity index (χ1) is 9.08. The lowest BCUT2D eigenvalue weighted by Gasteiger charge is -2.20. The zero-order valence-corrected chi connectivity index (χ0v) is 12.0. The molecule has 0 aliphatic heterocycles. The van der Waals surface area contributed by atoms with Gasteiger partial charge in [-0.25, -0.2) is 4.98 Å². The second-order valence-corrected chi connectivity index (χ2v) is 5.39. The number of likely N-dealkylation sites (N-methyl/N-ethyl adjacent to an activating group) is 1. The average molecular weight is 261 g/mol. The Morgan fingerprint density at radius 1 is 1.42 bits per heavy atom. The van der Waals surface area contributed by atoms with Gasteiger partial charge in [-0.15, -0.1) is 0 Å². The minimum atomic E-state index is 0.547. The summed E-state index contributed by atoms with van der Waals surface area (Å²) in [5, 5.41) is 0. The van der Waals surface area contributed by atoms with Gasteiger partial charge in [-0.05, 0) is 43.6 Å². The van der Waals surface area contributed by atoms with Gasteiger partial charge in [-0.1, -0.05) is 13.0 Å². The molecule has 0 bridgehead atoms. The van der Waals surface area contributed by atoms with Crippen LogP contribution in [0.3, 0.4) is 0 Å². The molecule has 2 aromatic rings. The summed E-state index contributed by atoms with van der Waals surface area (Å²) in [5.41, 5.74) is 8.76. The van der Waals surface area contributed by atoms with Crippen molar-refractivity contribution >= 4 is 11.1 Å². The van der Waals surface area contributed by atoms with Crippen molar-refractivity contribution in [2.75, 3.05) is 26.7 Å². The summed E-state index contributed by atoms with van der Waals surface area (Å²) in [6.07, 6.45) is 1.02. The third-order valence-corrected chi connectivity index (χ3v) is 3.37. The number of benzene rings is 1. The number of hydrogen-bond donors (Lipinski definition) is 1. The van der Waals surface area contributed by atoms with Crippen molar-refractivity contribution in [3.8, 4) is 0 Å². The molecule has 1 aromatic heterocycles. The highest BCUT2D eigenvalue weighted by Crippen LogP contribution is 2.17. The highest BCUT2D eigenvalue weighted by Gasteiger charge is 2.06. The number of aromatic nitrogens is 1. The Hall–Kier alpha value is -1.39. The number of rotatable bonds is 6. The van der Waals surface area contributed by atoms with Gasteiger partial charge < -0.3 is 15.1 Å². The minimum absolute atomic E-state index is 0.547. The standard InChI is InChI=1S/C15H23N3O/c1-11(9-16)10-18(3)7-6-13-4-5-15-14(8-13)17-12(2)19-15/h4-5,8,11H,6-7,9-10,16H2,1-3H3. The topological polar surface area (TPSA) is 55.3 Å². The van der Waals surface area contributed by atoms with Crippen LogP contribution in [0.4, 0.5) is 0 Å². The number of nitrogens with zero attached hydrogens (tertiary/aromatic N) is 2. The van der Waals surface area contributed by atoms with Crippen LogP contribution in [-0.2, 0) is 6.42 Å². The molecule has 0 saturated carbocycles. The zero-order chi connectivity index (χ0) is 13.8. The first-order valence-electron chi connectivity index (χ1n) is 6.83. The summed E-state index contributed by atoms with van der Waals surface area (Å²) in [4.78, 5) is 6.69. The number of hydrogen-bond acceptors (Lipinski definition) is 4. The Balaban J connectivity index is 1.94. The van der Waals surface area contributed by atoms with Crippen LogP contribution in [0.2, 0.25) is 0 Å². The molecule has 19 heavy (non-hydrogen) atoms. The lowest BCUT2D eigenvalue weighted by molar-refractivity contribution is 0.292. The third kappa shape index (κ3) is 3.78. The van der Waals surface area contributed by atoms with E-state index in [-0.39, 0.29) is 0 Å². The van der Waals surface area contributed by atoms with Crippen LogP contribution < -0.4 is 5.73 Å². The van der Waals surface area contributed by atoms with E-state index in [0.29, 0.717) is 5.92 Å². The van der Waals surface area contributed by atoms with Gasteiger partial charge in [0.25, 0.3) is 0 Å². The number of nitrogens with two attached hydrogens (primary N) is 1. The van der Waals surface area contributed by atoms with Crippen molar-refractivity contribution in [2.45, 2.75) is 20.3 Å². The average Bonchev–Trinajstić information content (AvgIpc) is 2.75. The third-order valence-electron chi connectivity index (χ3n) is 3.37. The summed E-state index contributed by atoms with van der Waals surface area (Å²) < 4.78 is 5.48. The van der Waals surface area contributed by atoms with Gasteiger partial charge in [0.05, 0.1) is 0 Å². The fourth-order valence-corrected chi connectivity index (χ4v) is 2.26. The van der Waals surface area contributed by atoms with E-state index in [9.17, 15) is 0 Å². The first kappa shape index (κ1) is 14.0. The van der Waals surface area contributed by atoms with Gasteiger partial charge in [0, 0.05) is 20.0 Å². The lowest BCUT2D eigenvalue weighted by Crippen LogP contribution is -2.29. The maximum absolute atomic E-state index is 5.65. The molecule has 1 atom stereocenters. The van der Waals surface area contributed by atoms with E-state index < -0.39 is 0 Å². The summed E-state index contributed by atoms with van der Waals surface area (Å²) in [5.74, 6) is 1.27. The maximum atomic E-state index is 5.65. The largest absolute Gasteiger partial charge is 0.441 e. The van der Waals surface area contributed by atoms with Gasteiger partial charge in [0.1, 0.15) is 5.52 Å². The molecule has 0 fully saturated rings. The number of aryl methyl sites for hydroxylation is 1. The van der Waals surface area contributed by atoms with Crippen LogP contribution in [0.15, 0.2) is 22.6 Å². The van der Waals surface area contributed by atoms with E-state index in [2.05, 4.69) is 36.0 Å². The zero-order valence-electron chi connectivity index (χ0n) is 12.0. The Morgan fingerprint density at radius 3 is 2.95 bits per heavy atom. The van der Waals surface area contributed by atoms with Crippen LogP contribution in [0.1, 0.15) is 18.4 Å². The van der Waals surface area contributed by atoms with Crippen LogP contribution >= 0.6 is 0 Å². The Morgan fingerprint density at radius 2 is 2.21 bits per heavy atom. The van der Waals surface area contributed by atoms with Gasteiger partial charge >= 0.3 is 0 Å². The summed E-state index contributed by atoms with van der Waals surface area (Å²) in [7, 11) is 2.14. The predicted octanol–water partition coefficient (Wildman–Crippen LogP) is 2.21. The van der Waals surface area contributed by atoms with E-state index in [0.717, 1.165) is 43.0 Å². The second kappa shape index (κ2) is 6.17. The van der Waals surface area contributed by atoms with E-state index in [1.807, 2.05) is 13.0 Å². The minimum Gasteiger partial charge on any atom is -0.441 e. The highest BCUT2D eigenvalue weighted by molar-refractivity contribution is 5.73. The molecule has 0 amide bonds. The maximum Gasteiger partial charge on any atom is 0.192 e. The van der Waals surface area contributed by atoms with Gasteiger partial charge in [-0.3, -0.25) is 0 Å². The molecule has 4 heteroatoms. The van der Waals surface area contributed by atoms with Gasteiger partial charge in [0.2, 0.25) is 0 Å².